The van der Waals surface area contributed by atoms with E-state index < -0.39 is 29.3 Å². The van der Waals surface area contributed by atoms with Gasteiger partial charge in [-0.15, -0.1) is 0 Å². The first-order valence-electron chi connectivity index (χ1n) is 6.50. The number of ether oxygens (including phenoxy) is 2. The minimum absolute atomic E-state index is 0.226. The van der Waals surface area contributed by atoms with E-state index in [1.54, 1.807) is 20.8 Å². The normalized spacial score (nSPS) is 33.4. The van der Waals surface area contributed by atoms with Gasteiger partial charge in [0.05, 0.1) is 19.3 Å². The van der Waals surface area contributed by atoms with Crippen LogP contribution in [-0.4, -0.2) is 52.5 Å². The maximum Gasteiger partial charge on any atom is 0.411 e. The third-order valence-electron chi connectivity index (χ3n) is 3.79. The second kappa shape index (κ2) is 4.37. The summed E-state index contributed by atoms with van der Waals surface area (Å²) >= 11 is 0. The Balaban J connectivity index is 2.28. The van der Waals surface area contributed by atoms with E-state index in [0.29, 0.717) is 12.8 Å². The zero-order valence-corrected chi connectivity index (χ0v) is 11.8. The van der Waals surface area contributed by atoms with Crippen LogP contribution in [0.5, 0.6) is 0 Å². The molecular formula is C13H21NO5. The number of rotatable bonds is 1. The molecule has 1 N–H and O–H groups in total. The first-order chi connectivity index (χ1) is 8.71. The van der Waals surface area contributed by atoms with Gasteiger partial charge in [-0.25, -0.2) is 9.59 Å². The molecule has 2 heterocycles. The Morgan fingerprint density at radius 3 is 2.47 bits per heavy atom. The SMILES string of the molecule is COC(=O)C12CCC(C(O)C1)N2C(=O)OC(C)(C)C. The van der Waals surface area contributed by atoms with E-state index in [4.69, 9.17) is 9.47 Å². The molecule has 0 saturated carbocycles. The van der Waals surface area contributed by atoms with Gasteiger partial charge < -0.3 is 14.6 Å². The monoisotopic (exact) mass is 271 g/mol. The number of aliphatic hydroxyl groups excluding tert-OH is 1. The van der Waals surface area contributed by atoms with E-state index in [1.807, 2.05) is 0 Å². The molecule has 0 spiro atoms. The zero-order chi connectivity index (χ0) is 14.4. The summed E-state index contributed by atoms with van der Waals surface area (Å²) in [6, 6.07) is -0.353. The summed E-state index contributed by atoms with van der Waals surface area (Å²) in [7, 11) is 1.29. The number of carbonyl (C=O) groups excluding carboxylic acids is 2. The molecule has 1 amide bonds. The van der Waals surface area contributed by atoms with Crippen molar-refractivity contribution in [3.63, 3.8) is 0 Å². The topological polar surface area (TPSA) is 76.1 Å². The predicted molar refractivity (Wildman–Crippen MR) is 66.5 cm³/mol. The predicted octanol–water partition coefficient (Wildman–Crippen LogP) is 1.06. The maximum absolute atomic E-state index is 12.3. The maximum atomic E-state index is 12.3. The minimum atomic E-state index is -1.05. The number of aliphatic hydroxyl groups is 1. The standard InChI is InChI=1S/C13H21NO5/c1-12(2,3)19-11(17)14-8-5-6-13(14,7-9(8)15)10(16)18-4/h8-9,15H,5-7H2,1-4H3. The fourth-order valence-corrected chi connectivity index (χ4v) is 3.10. The molecule has 3 unspecified atom stereocenters. The number of nitrogens with zero attached hydrogens (tertiary/aromatic N) is 1. The summed E-state index contributed by atoms with van der Waals surface area (Å²) in [4.78, 5) is 25.7. The number of fused-ring (bicyclic) bond motifs is 2. The average Bonchev–Trinajstić information content (AvgIpc) is 2.78. The van der Waals surface area contributed by atoms with Crippen molar-refractivity contribution in [2.45, 2.75) is 63.3 Å². The van der Waals surface area contributed by atoms with Gasteiger partial charge in [0, 0.05) is 6.42 Å². The summed E-state index contributed by atoms with van der Waals surface area (Å²) in [5, 5.41) is 9.99. The van der Waals surface area contributed by atoms with Crippen LogP contribution in [0.4, 0.5) is 4.79 Å². The third kappa shape index (κ3) is 2.18. The highest BCUT2D eigenvalue weighted by Gasteiger charge is 2.64. The second-order valence-corrected chi connectivity index (χ2v) is 6.25. The molecule has 6 nitrogen and oxygen atoms in total. The van der Waals surface area contributed by atoms with E-state index in [-0.39, 0.29) is 12.5 Å². The smallest absolute Gasteiger partial charge is 0.411 e. The van der Waals surface area contributed by atoms with Crippen LogP contribution in [0.2, 0.25) is 0 Å². The van der Waals surface area contributed by atoms with Gasteiger partial charge in [-0.05, 0) is 33.6 Å². The lowest BCUT2D eigenvalue weighted by Gasteiger charge is -2.33. The van der Waals surface area contributed by atoms with Crippen molar-refractivity contribution in [2.75, 3.05) is 7.11 Å². The molecule has 0 aromatic carbocycles. The van der Waals surface area contributed by atoms with Gasteiger partial charge >= 0.3 is 12.1 Å². The largest absolute Gasteiger partial charge is 0.467 e. The van der Waals surface area contributed by atoms with E-state index >= 15 is 0 Å². The number of amides is 1. The quantitative estimate of drug-likeness (QED) is 0.722. The molecule has 0 radical (unpaired) electrons. The molecule has 2 rings (SSSR count). The second-order valence-electron chi connectivity index (χ2n) is 6.25. The number of carbonyl (C=O) groups is 2. The van der Waals surface area contributed by atoms with Crippen LogP contribution in [-0.2, 0) is 14.3 Å². The highest BCUT2D eigenvalue weighted by Crippen LogP contribution is 2.47. The van der Waals surface area contributed by atoms with E-state index in [2.05, 4.69) is 0 Å². The number of esters is 1. The van der Waals surface area contributed by atoms with Gasteiger partial charge in [0.25, 0.3) is 0 Å². The first-order valence-corrected chi connectivity index (χ1v) is 6.50. The Morgan fingerprint density at radius 1 is 1.37 bits per heavy atom. The average molecular weight is 271 g/mol. The first kappa shape index (κ1) is 14.1. The van der Waals surface area contributed by atoms with Crippen LogP contribution in [0, 0.1) is 0 Å². The minimum Gasteiger partial charge on any atom is -0.467 e. The van der Waals surface area contributed by atoms with Crippen LogP contribution in [0.1, 0.15) is 40.0 Å². The van der Waals surface area contributed by atoms with Crippen LogP contribution in [0.25, 0.3) is 0 Å². The van der Waals surface area contributed by atoms with Crippen LogP contribution in [0.15, 0.2) is 0 Å². The van der Waals surface area contributed by atoms with Crippen molar-refractivity contribution in [3.05, 3.63) is 0 Å². The Kier molecular flexibility index (Phi) is 3.24. The van der Waals surface area contributed by atoms with E-state index in [9.17, 15) is 14.7 Å². The highest BCUT2D eigenvalue weighted by atomic mass is 16.6. The lowest BCUT2D eigenvalue weighted by Crippen LogP contribution is -2.52. The van der Waals surface area contributed by atoms with E-state index in [0.717, 1.165) is 0 Å². The van der Waals surface area contributed by atoms with Crippen LogP contribution in [0.3, 0.4) is 0 Å². The van der Waals surface area contributed by atoms with Gasteiger partial charge in [0.2, 0.25) is 0 Å². The molecular weight excluding hydrogens is 250 g/mol. The molecule has 108 valence electrons. The van der Waals surface area contributed by atoms with Gasteiger partial charge in [0.15, 0.2) is 0 Å². The molecule has 2 bridgehead atoms. The van der Waals surface area contributed by atoms with Crippen molar-refractivity contribution < 1.29 is 24.2 Å². The van der Waals surface area contributed by atoms with Crippen molar-refractivity contribution in [3.8, 4) is 0 Å². The highest BCUT2D eigenvalue weighted by molar-refractivity contribution is 5.88. The zero-order valence-electron chi connectivity index (χ0n) is 11.8. The summed E-state index contributed by atoms with van der Waals surface area (Å²) < 4.78 is 10.2. The van der Waals surface area contributed by atoms with Crippen molar-refractivity contribution >= 4 is 12.1 Å². The molecule has 0 aliphatic carbocycles. The van der Waals surface area contributed by atoms with Crippen molar-refractivity contribution in [2.24, 2.45) is 0 Å². The van der Waals surface area contributed by atoms with Gasteiger partial charge in [-0.1, -0.05) is 0 Å². The Labute approximate surface area is 112 Å². The van der Waals surface area contributed by atoms with Crippen molar-refractivity contribution in [1.82, 2.24) is 4.90 Å². The van der Waals surface area contributed by atoms with Crippen molar-refractivity contribution in [1.29, 1.82) is 0 Å². The molecule has 2 aliphatic heterocycles. The van der Waals surface area contributed by atoms with Crippen LogP contribution < -0.4 is 0 Å². The number of hydrogen-bond acceptors (Lipinski definition) is 5. The van der Waals surface area contributed by atoms with E-state index in [1.165, 1.54) is 12.0 Å². The molecule has 2 aliphatic rings. The summed E-state index contributed by atoms with van der Waals surface area (Å²) in [6.07, 6.45) is 0.0806. The number of methoxy groups -OCH3 is 1. The molecule has 19 heavy (non-hydrogen) atoms. The Bertz CT molecular complexity index is 402. The van der Waals surface area contributed by atoms with Gasteiger partial charge in [-0.2, -0.15) is 0 Å². The lowest BCUT2D eigenvalue weighted by atomic mass is 9.86. The van der Waals surface area contributed by atoms with Gasteiger partial charge in [-0.3, -0.25) is 4.90 Å². The van der Waals surface area contributed by atoms with Crippen LogP contribution >= 0.6 is 0 Å². The molecule has 2 fully saturated rings. The molecule has 0 aromatic heterocycles. The number of hydrogen-bond donors (Lipinski definition) is 1. The molecule has 0 aromatic rings. The molecule has 2 saturated heterocycles. The Morgan fingerprint density at radius 2 is 2.00 bits per heavy atom. The summed E-state index contributed by atoms with van der Waals surface area (Å²) in [5.41, 5.74) is -1.69. The summed E-state index contributed by atoms with van der Waals surface area (Å²) in [5.74, 6) is -0.475. The molecule has 3 atom stereocenters. The Hall–Kier alpha value is -1.30. The fraction of sp³-hybridized carbons (Fsp3) is 0.846. The molecule has 6 heteroatoms. The van der Waals surface area contributed by atoms with Gasteiger partial charge in [0.1, 0.15) is 11.1 Å². The summed E-state index contributed by atoms with van der Waals surface area (Å²) in [6.45, 7) is 5.30. The third-order valence-corrected chi connectivity index (χ3v) is 3.79. The lowest BCUT2D eigenvalue weighted by molar-refractivity contribution is -0.152. The fourth-order valence-electron chi connectivity index (χ4n) is 3.10.